The fraction of sp³-hybridized carbons (Fsp3) is 0.143. The van der Waals surface area contributed by atoms with E-state index < -0.39 is 0 Å². The Morgan fingerprint density at radius 3 is 1.46 bits per heavy atom. The van der Waals surface area contributed by atoms with Crippen LogP contribution >= 0.6 is 0 Å². The van der Waals surface area contributed by atoms with Crippen molar-refractivity contribution in [2.45, 2.75) is 35.9 Å². The molecule has 6 heteroatoms. The highest BCUT2D eigenvalue weighted by atomic mass is 16.5. The molecule has 7 heterocycles. The van der Waals surface area contributed by atoms with Gasteiger partial charge < -0.3 is 18.6 Å². The first kappa shape index (κ1) is 23.9. The Morgan fingerprint density at radius 2 is 0.958 bits per heavy atom. The summed E-state index contributed by atoms with van der Waals surface area (Å²) in [7, 11) is 0. The minimum Gasteiger partial charge on any atom is -0.486 e. The summed E-state index contributed by atoms with van der Waals surface area (Å²) in [5, 5.41) is 5.37. The van der Waals surface area contributed by atoms with E-state index in [0.29, 0.717) is 12.5 Å². The van der Waals surface area contributed by atoms with Crippen molar-refractivity contribution in [2.24, 2.45) is 0 Å². The average molecular weight is 612 g/mol. The lowest BCUT2D eigenvalue weighted by molar-refractivity contribution is -0.00862. The van der Waals surface area contributed by atoms with E-state index in [1.807, 2.05) is 0 Å². The molecule has 6 atom stereocenters. The van der Waals surface area contributed by atoms with Crippen molar-refractivity contribution in [3.8, 4) is 22.6 Å². The lowest BCUT2D eigenvalue weighted by atomic mass is 9.24. The lowest BCUT2D eigenvalue weighted by Gasteiger charge is -2.59. The van der Waals surface area contributed by atoms with E-state index in [4.69, 9.17) is 9.47 Å². The number of nitrogens with zero attached hydrogens (tertiary/aromatic N) is 2. The van der Waals surface area contributed by atoms with Gasteiger partial charge in [-0.2, -0.15) is 0 Å². The maximum atomic E-state index is 7.51. The van der Waals surface area contributed by atoms with E-state index in [9.17, 15) is 0 Å². The van der Waals surface area contributed by atoms with Crippen LogP contribution in [0.5, 0.6) is 11.5 Å². The predicted octanol–water partition coefficient (Wildman–Crippen LogP) is 6.19. The molecule has 8 aromatic rings. The number of aromatic nitrogens is 2. The van der Waals surface area contributed by atoms with E-state index in [0.717, 1.165) is 11.5 Å². The monoisotopic (exact) mass is 612 g/mol. The number of para-hydroxylation sites is 2. The molecule has 0 radical (unpaired) electrons. The van der Waals surface area contributed by atoms with Crippen LogP contribution in [-0.2, 0) is 0 Å². The first-order valence-corrected chi connectivity index (χ1v) is 17.5. The molecular formula is C42H26B2N2O2. The van der Waals surface area contributed by atoms with Crippen LogP contribution in [0, 0.1) is 0 Å². The fourth-order valence-electron chi connectivity index (χ4n) is 12.0. The molecule has 1 aliphatic carbocycles. The Kier molecular flexibility index (Phi) is 3.82. The van der Waals surface area contributed by atoms with Crippen molar-refractivity contribution in [1.82, 2.24) is 9.13 Å². The SMILES string of the molecule is c1ccc(B(c2ccccc2)C2C3Oc4cccc5c6ccc7c8c6n(c45)C3C3B8c4c-7ccc5c6cccc7c6n(c45)[C@@H]3C2O7)cc1. The van der Waals surface area contributed by atoms with E-state index >= 15 is 0 Å². The Hall–Kier alpha value is -5.35. The highest BCUT2D eigenvalue weighted by Crippen LogP contribution is 2.65. The Labute approximate surface area is 276 Å². The van der Waals surface area contributed by atoms with Crippen LogP contribution in [0.15, 0.2) is 121 Å². The molecule has 0 saturated heterocycles. The van der Waals surface area contributed by atoms with E-state index in [-0.39, 0.29) is 36.8 Å². The van der Waals surface area contributed by atoms with Crippen LogP contribution in [0.2, 0.25) is 11.6 Å². The summed E-state index contributed by atoms with van der Waals surface area (Å²) in [6.45, 7) is 0.408. The second-order valence-electron chi connectivity index (χ2n) is 15.0. The van der Waals surface area contributed by atoms with Crippen molar-refractivity contribution >= 4 is 78.9 Å². The van der Waals surface area contributed by atoms with Crippen molar-refractivity contribution in [2.75, 3.05) is 0 Å². The Morgan fingerprint density at radius 1 is 0.479 bits per heavy atom. The van der Waals surface area contributed by atoms with Crippen molar-refractivity contribution in [3.63, 3.8) is 0 Å². The number of rotatable bonds is 3. The molecule has 4 nitrogen and oxygen atoms in total. The number of fused-ring (bicyclic) bond motifs is 3. The van der Waals surface area contributed by atoms with E-state index in [1.54, 1.807) is 10.9 Å². The van der Waals surface area contributed by atoms with Gasteiger partial charge >= 0.3 is 0 Å². The molecule has 6 aromatic carbocycles. The Balaban J connectivity index is 1.19. The van der Waals surface area contributed by atoms with Gasteiger partial charge in [0.2, 0.25) is 13.4 Å². The molecule has 5 unspecified atom stereocenters. The normalized spacial score (nSPS) is 25.4. The van der Waals surface area contributed by atoms with Crippen LogP contribution in [0.1, 0.15) is 12.1 Å². The van der Waals surface area contributed by atoms with E-state index in [2.05, 4.69) is 130 Å². The summed E-state index contributed by atoms with van der Waals surface area (Å²) in [6, 6.07) is 45.7. The predicted molar refractivity (Wildman–Crippen MR) is 195 cm³/mol. The number of benzene rings is 6. The molecule has 48 heavy (non-hydrogen) atoms. The second-order valence-corrected chi connectivity index (χ2v) is 15.0. The van der Waals surface area contributed by atoms with Gasteiger partial charge in [0.1, 0.15) is 23.7 Å². The number of ether oxygens (including phenoxy) is 2. The quantitative estimate of drug-likeness (QED) is 0.223. The zero-order chi connectivity index (χ0) is 30.6. The van der Waals surface area contributed by atoms with Gasteiger partial charge in [0.05, 0.1) is 23.1 Å². The fourth-order valence-corrected chi connectivity index (χ4v) is 12.0. The zero-order valence-corrected chi connectivity index (χ0v) is 25.9. The molecular weight excluding hydrogens is 586 g/mol. The largest absolute Gasteiger partial charge is 0.486 e. The minimum atomic E-state index is -0.0757. The highest BCUT2D eigenvalue weighted by Gasteiger charge is 2.67. The average Bonchev–Trinajstić information content (AvgIpc) is 3.78. The van der Waals surface area contributed by atoms with Crippen LogP contribution < -0.4 is 31.3 Å². The van der Waals surface area contributed by atoms with Crippen molar-refractivity contribution in [1.29, 1.82) is 0 Å². The third-order valence-corrected chi connectivity index (χ3v) is 13.3. The third kappa shape index (κ3) is 2.36. The van der Waals surface area contributed by atoms with Crippen LogP contribution in [0.25, 0.3) is 54.7 Å². The highest BCUT2D eigenvalue weighted by molar-refractivity contribution is 6.95. The molecule has 222 valence electrons. The van der Waals surface area contributed by atoms with Gasteiger partial charge in [0.25, 0.3) is 0 Å². The molecule has 0 bridgehead atoms. The van der Waals surface area contributed by atoms with Crippen molar-refractivity contribution in [3.05, 3.63) is 121 Å². The number of hydrogen-bond acceptors (Lipinski definition) is 2. The molecule has 0 spiro atoms. The van der Waals surface area contributed by atoms with Crippen LogP contribution in [-0.4, -0.2) is 34.8 Å². The van der Waals surface area contributed by atoms with Crippen LogP contribution in [0.3, 0.4) is 0 Å². The molecule has 14 rings (SSSR count). The van der Waals surface area contributed by atoms with Crippen LogP contribution in [0.4, 0.5) is 0 Å². The number of hydrogen-bond donors (Lipinski definition) is 0. The van der Waals surface area contributed by atoms with Crippen molar-refractivity contribution < 1.29 is 9.47 Å². The molecule has 0 N–H and O–H groups in total. The van der Waals surface area contributed by atoms with Gasteiger partial charge in [-0.3, -0.25) is 0 Å². The molecule has 1 saturated carbocycles. The molecule has 0 amide bonds. The minimum absolute atomic E-state index is 0.0543. The zero-order valence-electron chi connectivity index (χ0n) is 25.9. The van der Waals surface area contributed by atoms with Gasteiger partial charge in [-0.15, -0.1) is 0 Å². The molecule has 5 aliphatic heterocycles. The smallest absolute Gasteiger partial charge is 0.223 e. The van der Waals surface area contributed by atoms with Gasteiger partial charge in [0, 0.05) is 38.4 Å². The lowest BCUT2D eigenvalue weighted by Crippen LogP contribution is -2.69. The molecule has 2 aromatic heterocycles. The maximum absolute atomic E-state index is 7.51. The summed E-state index contributed by atoms with van der Waals surface area (Å²) in [5.41, 5.74) is 14.0. The summed E-state index contributed by atoms with van der Waals surface area (Å²) in [6.07, 6.45) is -0.151. The first-order chi connectivity index (χ1) is 23.9. The van der Waals surface area contributed by atoms with Gasteiger partial charge in [-0.25, -0.2) is 0 Å². The summed E-state index contributed by atoms with van der Waals surface area (Å²) in [4.78, 5) is 0. The second kappa shape index (κ2) is 7.68. The van der Waals surface area contributed by atoms with Gasteiger partial charge in [-0.1, -0.05) is 120 Å². The molecule has 6 aliphatic rings. The van der Waals surface area contributed by atoms with E-state index in [1.165, 1.54) is 65.7 Å². The standard InChI is InChI=1S/C42H26B2N2O2/c1-3-9-21(10-4-1)43(22-11-5-2-6-12-22)34-41-39-33-40-42(34)48-30-16-8-14-26-28-20-18-24-23-17-19-27-25-13-7-15-29(47-41)35(25)45(39)37(27)31(23)44(33)32(24)38(28)46(40)36(26)30/h1-20,33-34,39-42H/t33?,34?,39-,40?,41?,42?/m0/s1. The summed E-state index contributed by atoms with van der Waals surface area (Å²) >= 11 is 0. The molecule has 1 fully saturated rings. The van der Waals surface area contributed by atoms with Gasteiger partial charge in [-0.05, 0) is 40.0 Å². The first-order valence-electron chi connectivity index (χ1n) is 17.5. The maximum Gasteiger partial charge on any atom is 0.223 e. The Bertz CT molecular complexity index is 2620. The topological polar surface area (TPSA) is 28.3 Å². The van der Waals surface area contributed by atoms with Gasteiger partial charge in [0.15, 0.2) is 0 Å². The summed E-state index contributed by atoms with van der Waals surface area (Å²) < 4.78 is 20.6. The summed E-state index contributed by atoms with van der Waals surface area (Å²) in [5.74, 6) is 2.38. The third-order valence-electron chi connectivity index (χ3n) is 13.3.